The summed E-state index contributed by atoms with van der Waals surface area (Å²) in [5.74, 6) is 0.429. The molecule has 0 bridgehead atoms. The summed E-state index contributed by atoms with van der Waals surface area (Å²) in [5.41, 5.74) is 0.936. The van der Waals surface area contributed by atoms with Gasteiger partial charge in [-0.05, 0) is 19.4 Å². The Balaban J connectivity index is 2.92. The van der Waals surface area contributed by atoms with Gasteiger partial charge in [-0.3, -0.25) is 0 Å². The highest BCUT2D eigenvalue weighted by molar-refractivity contribution is 7.79. The third-order valence-corrected chi connectivity index (χ3v) is 2.94. The molecule has 0 spiro atoms. The lowest BCUT2D eigenvalue weighted by atomic mass is 10.2. The van der Waals surface area contributed by atoms with Gasteiger partial charge in [0.25, 0.3) is 0 Å². The average molecular weight is 230 g/mol. The number of nitrogens with zero attached hydrogens (tertiary/aromatic N) is 2. The first kappa shape index (κ1) is 12.2. The quantitative estimate of drug-likeness (QED) is 0.784. The van der Waals surface area contributed by atoms with Gasteiger partial charge in [0.1, 0.15) is 6.10 Å². The van der Waals surface area contributed by atoms with Gasteiger partial charge in [0.05, 0.1) is 5.25 Å². The maximum atomic E-state index is 10.9. The molecule has 0 saturated heterocycles. The summed E-state index contributed by atoms with van der Waals surface area (Å²) >= 11 is -1.95. The van der Waals surface area contributed by atoms with Gasteiger partial charge in [-0.1, -0.05) is 0 Å². The summed E-state index contributed by atoms with van der Waals surface area (Å²) in [6.07, 6.45) is 2.75. The van der Waals surface area contributed by atoms with E-state index in [4.69, 9.17) is 9.29 Å². The summed E-state index contributed by atoms with van der Waals surface area (Å²) in [6.45, 7) is 3.49. The van der Waals surface area contributed by atoms with Crippen molar-refractivity contribution in [3.05, 3.63) is 23.8 Å². The van der Waals surface area contributed by atoms with Crippen molar-refractivity contribution in [3.63, 3.8) is 0 Å². The Labute approximate surface area is 91.2 Å². The molecule has 1 aromatic heterocycles. The van der Waals surface area contributed by atoms with Crippen molar-refractivity contribution >= 4 is 11.1 Å². The second-order valence-electron chi connectivity index (χ2n) is 3.26. The minimum absolute atomic E-state index is 0.429. The summed E-state index contributed by atoms with van der Waals surface area (Å²) in [7, 11) is 1.47. The second kappa shape index (κ2) is 5.29. The lowest BCUT2D eigenvalue weighted by molar-refractivity contribution is 0.0945. The molecule has 0 amide bonds. The highest BCUT2D eigenvalue weighted by Crippen LogP contribution is 2.19. The van der Waals surface area contributed by atoms with Crippen molar-refractivity contribution < 1.29 is 13.5 Å². The van der Waals surface area contributed by atoms with Gasteiger partial charge in [-0.15, -0.1) is 0 Å². The van der Waals surface area contributed by atoms with E-state index in [0.717, 1.165) is 5.56 Å². The summed E-state index contributed by atoms with van der Waals surface area (Å²) in [4.78, 5) is 8.14. The first-order valence-corrected chi connectivity index (χ1v) is 5.64. The van der Waals surface area contributed by atoms with Crippen molar-refractivity contribution in [2.75, 3.05) is 7.11 Å². The van der Waals surface area contributed by atoms with Crippen molar-refractivity contribution in [2.45, 2.75) is 25.2 Å². The van der Waals surface area contributed by atoms with E-state index in [2.05, 4.69) is 9.97 Å². The summed E-state index contributed by atoms with van der Waals surface area (Å²) in [6, 6.07) is 0. The van der Waals surface area contributed by atoms with Crippen LogP contribution in [0.1, 0.15) is 24.4 Å². The Morgan fingerprint density at radius 1 is 1.47 bits per heavy atom. The van der Waals surface area contributed by atoms with E-state index in [1.165, 1.54) is 7.11 Å². The molecule has 1 N–H and O–H groups in total. The predicted octanol–water partition coefficient (Wildman–Crippen LogP) is 1.08. The Hall–Kier alpha value is -0.850. The molecule has 1 rings (SSSR count). The third-order valence-electron chi connectivity index (χ3n) is 2.05. The molecule has 0 radical (unpaired) electrons. The zero-order valence-corrected chi connectivity index (χ0v) is 9.69. The van der Waals surface area contributed by atoms with Crippen molar-refractivity contribution in [1.82, 2.24) is 9.97 Å². The number of aryl methyl sites for hydroxylation is 1. The van der Waals surface area contributed by atoms with E-state index in [1.54, 1.807) is 19.3 Å². The normalized spacial score (nSPS) is 17.1. The number of methoxy groups -OCH3 is 1. The molecular weight excluding hydrogens is 216 g/mol. The fourth-order valence-electron chi connectivity index (χ4n) is 1.16. The van der Waals surface area contributed by atoms with Crippen LogP contribution in [0.5, 0.6) is 0 Å². The van der Waals surface area contributed by atoms with Crippen LogP contribution in [0.2, 0.25) is 0 Å². The molecule has 1 aromatic rings. The van der Waals surface area contributed by atoms with Crippen LogP contribution in [0.25, 0.3) is 0 Å². The summed E-state index contributed by atoms with van der Waals surface area (Å²) < 4.78 is 25.0. The predicted molar refractivity (Wildman–Crippen MR) is 56.8 cm³/mol. The number of rotatable bonds is 4. The zero-order valence-electron chi connectivity index (χ0n) is 8.88. The number of ether oxygens (including phenoxy) is 1. The van der Waals surface area contributed by atoms with Crippen LogP contribution in [0.3, 0.4) is 0 Å². The molecule has 0 aromatic carbocycles. The smallest absolute Gasteiger partial charge is 0.158 e. The molecule has 3 atom stereocenters. The molecule has 1 heterocycles. The number of hydrogen-bond donors (Lipinski definition) is 1. The van der Waals surface area contributed by atoms with Crippen molar-refractivity contribution in [3.8, 4) is 0 Å². The Kier molecular flexibility index (Phi) is 4.31. The fourth-order valence-corrected chi connectivity index (χ4v) is 1.61. The van der Waals surface area contributed by atoms with Gasteiger partial charge in [-0.25, -0.2) is 14.2 Å². The molecule has 15 heavy (non-hydrogen) atoms. The average Bonchev–Trinajstić information content (AvgIpc) is 2.21. The van der Waals surface area contributed by atoms with E-state index in [0.29, 0.717) is 5.82 Å². The maximum absolute atomic E-state index is 10.9. The standard InChI is InChI=1S/C9H14N2O3S/c1-6-4-10-9(11-5-6)8(14-3)7(2)15(12)13/h4-5,7-8H,1-3H3,(H,12,13)/t7-,8-/m0/s1. The van der Waals surface area contributed by atoms with Crippen molar-refractivity contribution in [2.24, 2.45) is 0 Å². The van der Waals surface area contributed by atoms with Gasteiger partial charge in [0.15, 0.2) is 16.9 Å². The Bertz CT molecular complexity index is 342. The highest BCUT2D eigenvalue weighted by atomic mass is 32.2. The minimum Gasteiger partial charge on any atom is -0.372 e. The monoisotopic (exact) mass is 230 g/mol. The van der Waals surface area contributed by atoms with Gasteiger partial charge in [0, 0.05) is 19.5 Å². The molecule has 0 fully saturated rings. The highest BCUT2D eigenvalue weighted by Gasteiger charge is 2.25. The van der Waals surface area contributed by atoms with Gasteiger partial charge in [-0.2, -0.15) is 0 Å². The minimum atomic E-state index is -1.95. The number of hydrogen-bond acceptors (Lipinski definition) is 4. The maximum Gasteiger partial charge on any atom is 0.158 e. The van der Waals surface area contributed by atoms with Gasteiger partial charge >= 0.3 is 0 Å². The van der Waals surface area contributed by atoms with Crippen molar-refractivity contribution in [1.29, 1.82) is 0 Å². The Morgan fingerprint density at radius 2 is 2.00 bits per heavy atom. The van der Waals surface area contributed by atoms with Crippen LogP contribution in [-0.2, 0) is 15.8 Å². The largest absolute Gasteiger partial charge is 0.372 e. The Morgan fingerprint density at radius 3 is 2.40 bits per heavy atom. The van der Waals surface area contributed by atoms with Crippen LogP contribution in [0.15, 0.2) is 12.4 Å². The van der Waals surface area contributed by atoms with Gasteiger partial charge < -0.3 is 9.29 Å². The molecule has 0 aliphatic carbocycles. The van der Waals surface area contributed by atoms with Crippen LogP contribution in [-0.4, -0.2) is 31.1 Å². The van der Waals surface area contributed by atoms with E-state index in [-0.39, 0.29) is 0 Å². The lowest BCUT2D eigenvalue weighted by Crippen LogP contribution is -2.23. The molecule has 0 saturated carbocycles. The molecular formula is C9H14N2O3S. The molecule has 0 aliphatic heterocycles. The summed E-state index contributed by atoms with van der Waals surface area (Å²) in [5, 5.41) is -0.558. The van der Waals surface area contributed by atoms with Crippen LogP contribution >= 0.6 is 0 Å². The third kappa shape index (κ3) is 3.05. The van der Waals surface area contributed by atoms with Crippen LogP contribution in [0.4, 0.5) is 0 Å². The molecule has 5 nitrogen and oxygen atoms in total. The molecule has 0 aliphatic rings. The first-order chi connectivity index (χ1) is 7.06. The van der Waals surface area contributed by atoms with Crippen LogP contribution < -0.4 is 0 Å². The zero-order chi connectivity index (χ0) is 11.4. The molecule has 6 heteroatoms. The fraction of sp³-hybridized carbons (Fsp3) is 0.556. The SMILES string of the molecule is CO[C@H](c1ncc(C)cn1)[C@H](C)S(=O)O. The van der Waals surface area contributed by atoms with Crippen LogP contribution in [0, 0.1) is 6.92 Å². The second-order valence-corrected chi connectivity index (χ2v) is 4.55. The van der Waals surface area contributed by atoms with E-state index >= 15 is 0 Å². The topological polar surface area (TPSA) is 72.3 Å². The van der Waals surface area contributed by atoms with E-state index in [1.807, 2.05) is 6.92 Å². The number of aromatic nitrogens is 2. The molecule has 1 unspecified atom stereocenters. The van der Waals surface area contributed by atoms with E-state index < -0.39 is 22.4 Å². The molecule has 84 valence electrons. The van der Waals surface area contributed by atoms with Gasteiger partial charge in [0.2, 0.25) is 0 Å². The van der Waals surface area contributed by atoms with E-state index in [9.17, 15) is 4.21 Å². The lowest BCUT2D eigenvalue weighted by Gasteiger charge is -2.18. The first-order valence-electron chi connectivity index (χ1n) is 4.47.